The molecule has 1 rings (SSSR count). The summed E-state index contributed by atoms with van der Waals surface area (Å²) in [5, 5.41) is 15.1. The normalized spacial score (nSPS) is 17.7. The average Bonchev–Trinajstić information content (AvgIpc) is 2.15. The van der Waals surface area contributed by atoms with Crippen LogP contribution in [0.1, 0.15) is 32.1 Å². The van der Waals surface area contributed by atoms with Gasteiger partial charge in [-0.1, -0.05) is 6.42 Å². The van der Waals surface area contributed by atoms with Crippen molar-refractivity contribution in [3.05, 3.63) is 4.91 Å². The van der Waals surface area contributed by atoms with E-state index in [1.165, 1.54) is 6.42 Å². The molecule has 0 unspecified atom stereocenters. The van der Waals surface area contributed by atoms with E-state index in [1.54, 1.807) is 0 Å². The number of rotatable bonds is 2. The summed E-state index contributed by atoms with van der Waals surface area (Å²) in [6, 6.07) is 0. The first-order valence-electron chi connectivity index (χ1n) is 4.50. The van der Waals surface area contributed by atoms with Crippen molar-refractivity contribution in [1.29, 1.82) is 0 Å². The summed E-state index contributed by atoms with van der Waals surface area (Å²) < 4.78 is 0. The van der Waals surface area contributed by atoms with E-state index in [-0.39, 0.29) is 5.96 Å². The number of nitrogens with zero attached hydrogens (tertiary/aromatic N) is 3. The SMILES string of the molecule is N/C(=N\N=C1CCCCC1)N[N+](=O)O. The van der Waals surface area contributed by atoms with E-state index in [2.05, 4.69) is 10.2 Å². The summed E-state index contributed by atoms with van der Waals surface area (Å²) >= 11 is 0. The van der Waals surface area contributed by atoms with Gasteiger partial charge < -0.3 is 5.73 Å². The Morgan fingerprint density at radius 1 is 1.43 bits per heavy atom. The third-order valence-electron chi connectivity index (χ3n) is 1.94. The van der Waals surface area contributed by atoms with E-state index >= 15 is 0 Å². The highest BCUT2D eigenvalue weighted by atomic mass is 16.7. The quantitative estimate of drug-likeness (QED) is 0.338. The fourth-order valence-corrected chi connectivity index (χ4v) is 1.30. The fourth-order valence-electron chi connectivity index (χ4n) is 1.30. The van der Waals surface area contributed by atoms with Crippen molar-refractivity contribution in [3.8, 4) is 0 Å². The summed E-state index contributed by atoms with van der Waals surface area (Å²) in [6.45, 7) is 0. The molecule has 0 heterocycles. The van der Waals surface area contributed by atoms with Crippen molar-refractivity contribution in [2.45, 2.75) is 32.1 Å². The number of nitrogens with one attached hydrogen (secondary N) is 1. The monoisotopic (exact) mass is 200 g/mol. The summed E-state index contributed by atoms with van der Waals surface area (Å²) in [5.74, 6) is -0.222. The highest BCUT2D eigenvalue weighted by molar-refractivity contribution is 5.86. The number of hydrazine groups is 1. The predicted molar refractivity (Wildman–Crippen MR) is 50.7 cm³/mol. The zero-order chi connectivity index (χ0) is 10.4. The molecule has 0 amide bonds. The molecular weight excluding hydrogens is 186 g/mol. The van der Waals surface area contributed by atoms with E-state index in [0.29, 0.717) is 0 Å². The van der Waals surface area contributed by atoms with Crippen molar-refractivity contribution in [1.82, 2.24) is 5.43 Å². The van der Waals surface area contributed by atoms with Crippen LogP contribution in [0.3, 0.4) is 0 Å². The first kappa shape index (κ1) is 10.4. The minimum atomic E-state index is -0.514. The van der Waals surface area contributed by atoms with Crippen LogP contribution in [0.2, 0.25) is 0 Å². The second-order valence-corrected chi connectivity index (χ2v) is 3.10. The zero-order valence-corrected chi connectivity index (χ0v) is 7.81. The second kappa shape index (κ2) is 5.15. The van der Waals surface area contributed by atoms with E-state index in [9.17, 15) is 4.91 Å². The van der Waals surface area contributed by atoms with Crippen LogP contribution < -0.4 is 11.2 Å². The molecule has 1 fully saturated rings. The van der Waals surface area contributed by atoms with Crippen LogP contribution in [0.5, 0.6) is 0 Å². The maximum Gasteiger partial charge on any atom is 0.362 e. The number of nitrogens with two attached hydrogens (primary N) is 1. The molecule has 1 saturated carbocycles. The topological polar surface area (TPSA) is 103 Å². The van der Waals surface area contributed by atoms with Gasteiger partial charge in [0.25, 0.3) is 5.96 Å². The Labute approximate surface area is 81.2 Å². The van der Waals surface area contributed by atoms with Gasteiger partial charge in [0.05, 0.1) is 0 Å². The lowest BCUT2D eigenvalue weighted by atomic mass is 9.99. The molecule has 0 aromatic rings. The van der Waals surface area contributed by atoms with Crippen molar-refractivity contribution in [2.75, 3.05) is 0 Å². The van der Waals surface area contributed by atoms with Gasteiger partial charge >= 0.3 is 5.03 Å². The Hall–Kier alpha value is -1.66. The Kier molecular flexibility index (Phi) is 3.84. The van der Waals surface area contributed by atoms with Crippen LogP contribution in [0.15, 0.2) is 10.2 Å². The number of guanidine groups is 1. The van der Waals surface area contributed by atoms with Crippen LogP contribution in [0, 0.1) is 4.91 Å². The van der Waals surface area contributed by atoms with Crippen molar-refractivity contribution < 1.29 is 10.2 Å². The second-order valence-electron chi connectivity index (χ2n) is 3.10. The van der Waals surface area contributed by atoms with E-state index in [0.717, 1.165) is 31.4 Å². The van der Waals surface area contributed by atoms with E-state index in [4.69, 9.17) is 10.9 Å². The molecule has 0 aliphatic heterocycles. The summed E-state index contributed by atoms with van der Waals surface area (Å²) in [6.07, 6.45) is 5.32. The first-order valence-corrected chi connectivity index (χ1v) is 4.50. The predicted octanol–water partition coefficient (Wildman–Crippen LogP) is 0.294. The molecule has 0 atom stereocenters. The lowest BCUT2D eigenvalue weighted by Gasteiger charge is -2.09. The van der Waals surface area contributed by atoms with Gasteiger partial charge in [-0.05, 0) is 31.1 Å². The van der Waals surface area contributed by atoms with Crippen LogP contribution in [0.25, 0.3) is 0 Å². The molecule has 0 saturated heterocycles. The van der Waals surface area contributed by atoms with E-state index < -0.39 is 5.03 Å². The largest absolute Gasteiger partial charge is 0.364 e. The van der Waals surface area contributed by atoms with Gasteiger partial charge in [0.15, 0.2) is 0 Å². The minimum absolute atomic E-state index is 0.222. The summed E-state index contributed by atoms with van der Waals surface area (Å²) in [4.78, 5) is 10.1. The zero-order valence-electron chi connectivity index (χ0n) is 7.81. The molecule has 1 aliphatic rings. The van der Waals surface area contributed by atoms with Crippen LogP contribution in [-0.2, 0) is 0 Å². The molecule has 0 bridgehead atoms. The molecule has 4 N–H and O–H groups in total. The first-order chi connectivity index (χ1) is 6.68. The fraction of sp³-hybridized carbons (Fsp3) is 0.714. The summed E-state index contributed by atoms with van der Waals surface area (Å²) in [5.41, 5.74) is 8.04. The highest BCUT2D eigenvalue weighted by Gasteiger charge is 2.07. The van der Waals surface area contributed by atoms with Crippen molar-refractivity contribution >= 4 is 11.7 Å². The molecule has 0 aromatic heterocycles. The molecule has 78 valence electrons. The molecule has 0 radical (unpaired) electrons. The molecule has 0 aromatic carbocycles. The van der Waals surface area contributed by atoms with Gasteiger partial charge in [-0.3, -0.25) is 0 Å². The maximum atomic E-state index is 10.1. The minimum Gasteiger partial charge on any atom is -0.364 e. The highest BCUT2D eigenvalue weighted by Crippen LogP contribution is 2.14. The summed E-state index contributed by atoms with van der Waals surface area (Å²) in [7, 11) is 0. The molecule has 7 nitrogen and oxygen atoms in total. The Morgan fingerprint density at radius 2 is 2.07 bits per heavy atom. The smallest absolute Gasteiger partial charge is 0.362 e. The maximum absolute atomic E-state index is 10.1. The van der Waals surface area contributed by atoms with Gasteiger partial charge in [-0.15, -0.1) is 5.10 Å². The Morgan fingerprint density at radius 3 is 2.64 bits per heavy atom. The standard InChI is InChI=1S/C7H14N5O2/c8-7(11-12(13)14)10-9-6-4-2-1-3-5-6/h1-5H2,(H,13,14)(H3,8,10,11)/q+1. The molecular formula is C7H14N5O2+. The number of hydrogen-bond donors (Lipinski definition) is 3. The van der Waals surface area contributed by atoms with Gasteiger partial charge in [0.1, 0.15) is 4.91 Å². The Bertz CT molecular complexity index is 265. The third kappa shape index (κ3) is 3.83. The van der Waals surface area contributed by atoms with Crippen LogP contribution in [0.4, 0.5) is 0 Å². The average molecular weight is 200 g/mol. The van der Waals surface area contributed by atoms with Crippen molar-refractivity contribution in [2.24, 2.45) is 15.9 Å². The molecule has 1 aliphatic carbocycles. The lowest BCUT2D eigenvalue weighted by Crippen LogP contribution is -2.36. The van der Waals surface area contributed by atoms with Crippen LogP contribution >= 0.6 is 0 Å². The Balaban J connectivity index is 2.45. The molecule has 14 heavy (non-hydrogen) atoms. The molecule has 7 heteroatoms. The van der Waals surface area contributed by atoms with Gasteiger partial charge in [-0.2, -0.15) is 5.10 Å². The van der Waals surface area contributed by atoms with Crippen molar-refractivity contribution in [3.63, 3.8) is 0 Å². The lowest BCUT2D eigenvalue weighted by molar-refractivity contribution is -0.822. The third-order valence-corrected chi connectivity index (χ3v) is 1.94. The van der Waals surface area contributed by atoms with Gasteiger partial charge in [0.2, 0.25) is 0 Å². The van der Waals surface area contributed by atoms with E-state index in [1.807, 2.05) is 5.43 Å². The van der Waals surface area contributed by atoms with Gasteiger partial charge in [-0.25, -0.2) is 5.21 Å². The molecule has 0 spiro atoms. The number of hydrogen-bond acceptors (Lipinski definition) is 3. The van der Waals surface area contributed by atoms with Gasteiger partial charge in [0, 0.05) is 5.71 Å². The van der Waals surface area contributed by atoms with Crippen LogP contribution in [-0.4, -0.2) is 21.9 Å².